The fourth-order valence-corrected chi connectivity index (χ4v) is 2.11. The molecule has 0 amide bonds. The average molecular weight is 309 g/mol. The van der Waals surface area contributed by atoms with Crippen molar-refractivity contribution < 1.29 is 9.90 Å². The molecule has 0 radical (unpaired) electrons. The second-order valence-electron chi connectivity index (χ2n) is 4.00. The maximum atomic E-state index is 11.0. The average Bonchev–Trinajstić information content (AvgIpc) is 2.76. The number of aromatic carboxylic acids is 1. The summed E-state index contributed by atoms with van der Waals surface area (Å²) in [5, 5.41) is 13.2. The van der Waals surface area contributed by atoms with Crippen molar-refractivity contribution in [2.45, 2.75) is 19.8 Å². The Morgan fingerprint density at radius 3 is 2.83 bits per heavy atom. The lowest BCUT2D eigenvalue weighted by Crippen LogP contribution is -2.04. The first-order valence-electron chi connectivity index (χ1n) is 5.68. The van der Waals surface area contributed by atoms with E-state index in [9.17, 15) is 4.79 Å². The summed E-state index contributed by atoms with van der Waals surface area (Å²) in [7, 11) is 0. The maximum Gasteiger partial charge on any atom is 0.335 e. The highest BCUT2D eigenvalue weighted by Gasteiger charge is 2.10. The summed E-state index contributed by atoms with van der Waals surface area (Å²) in [5.41, 5.74) is 2.19. The molecule has 0 bridgehead atoms. The zero-order valence-corrected chi connectivity index (χ0v) is 11.5. The van der Waals surface area contributed by atoms with Crippen molar-refractivity contribution in [3.63, 3.8) is 0 Å². The molecule has 0 fully saturated rings. The van der Waals surface area contributed by atoms with Gasteiger partial charge in [0.15, 0.2) is 0 Å². The van der Waals surface area contributed by atoms with Gasteiger partial charge in [-0.2, -0.15) is 5.10 Å². The summed E-state index contributed by atoms with van der Waals surface area (Å²) in [6.07, 6.45) is 5.40. The Kier molecular flexibility index (Phi) is 3.81. The molecule has 18 heavy (non-hydrogen) atoms. The minimum Gasteiger partial charge on any atom is -0.478 e. The molecule has 0 aliphatic carbocycles. The Labute approximate surface area is 113 Å². The number of hydrogen-bond acceptors (Lipinski definition) is 2. The van der Waals surface area contributed by atoms with E-state index in [1.807, 2.05) is 12.3 Å². The maximum absolute atomic E-state index is 11.0. The van der Waals surface area contributed by atoms with E-state index < -0.39 is 5.97 Å². The molecule has 5 heteroatoms. The smallest absolute Gasteiger partial charge is 0.335 e. The lowest BCUT2D eigenvalue weighted by Gasteiger charge is -2.09. The van der Waals surface area contributed by atoms with Crippen LogP contribution in [0.3, 0.4) is 0 Å². The van der Waals surface area contributed by atoms with E-state index in [4.69, 9.17) is 5.11 Å². The molecule has 4 nitrogen and oxygen atoms in total. The molecule has 1 heterocycles. The zero-order valence-electron chi connectivity index (χ0n) is 9.93. The summed E-state index contributed by atoms with van der Waals surface area (Å²) in [4.78, 5) is 11.0. The second kappa shape index (κ2) is 5.35. The number of hydrogen-bond donors (Lipinski definition) is 1. The van der Waals surface area contributed by atoms with Crippen LogP contribution in [-0.4, -0.2) is 20.9 Å². The van der Waals surface area contributed by atoms with E-state index in [2.05, 4.69) is 28.0 Å². The van der Waals surface area contributed by atoms with Gasteiger partial charge in [-0.1, -0.05) is 19.4 Å². The van der Waals surface area contributed by atoms with Crippen molar-refractivity contribution in [2.24, 2.45) is 0 Å². The predicted octanol–water partition coefficient (Wildman–Crippen LogP) is 3.29. The number of nitrogens with zero attached hydrogens (tertiary/aromatic N) is 2. The lowest BCUT2D eigenvalue weighted by atomic mass is 10.0. The van der Waals surface area contributed by atoms with Gasteiger partial charge in [0.2, 0.25) is 0 Å². The quantitative estimate of drug-likeness (QED) is 0.943. The van der Waals surface area contributed by atoms with Crippen LogP contribution < -0.4 is 0 Å². The Morgan fingerprint density at radius 1 is 1.50 bits per heavy atom. The first-order valence-corrected chi connectivity index (χ1v) is 6.48. The normalized spacial score (nSPS) is 10.6. The van der Waals surface area contributed by atoms with Crippen LogP contribution in [0.4, 0.5) is 0 Å². The Balaban J connectivity index is 2.53. The highest BCUT2D eigenvalue weighted by atomic mass is 79.9. The molecule has 1 aromatic heterocycles. The number of carboxylic acids is 1. The van der Waals surface area contributed by atoms with Crippen LogP contribution in [-0.2, 0) is 6.42 Å². The molecule has 94 valence electrons. The molecular weight excluding hydrogens is 296 g/mol. The van der Waals surface area contributed by atoms with E-state index in [0.29, 0.717) is 0 Å². The van der Waals surface area contributed by atoms with Gasteiger partial charge in [-0.15, -0.1) is 0 Å². The van der Waals surface area contributed by atoms with E-state index in [1.165, 1.54) is 0 Å². The Bertz CT molecular complexity index is 578. The van der Waals surface area contributed by atoms with Gasteiger partial charge in [0.1, 0.15) is 0 Å². The first-order chi connectivity index (χ1) is 8.61. The highest BCUT2D eigenvalue weighted by Crippen LogP contribution is 2.20. The van der Waals surface area contributed by atoms with E-state index >= 15 is 0 Å². The first kappa shape index (κ1) is 12.8. The van der Waals surface area contributed by atoms with Crippen molar-refractivity contribution in [2.75, 3.05) is 0 Å². The van der Waals surface area contributed by atoms with Crippen LogP contribution in [0.2, 0.25) is 0 Å². The third kappa shape index (κ3) is 2.61. The largest absolute Gasteiger partial charge is 0.478 e. The Hall–Kier alpha value is -1.62. The van der Waals surface area contributed by atoms with Crippen molar-refractivity contribution >= 4 is 21.9 Å². The number of benzene rings is 1. The topological polar surface area (TPSA) is 55.1 Å². The highest BCUT2D eigenvalue weighted by molar-refractivity contribution is 9.10. The molecule has 1 N–H and O–H groups in total. The number of aryl methyl sites for hydroxylation is 1. The van der Waals surface area contributed by atoms with Crippen molar-refractivity contribution in [1.82, 2.24) is 9.78 Å². The molecule has 0 atom stereocenters. The molecule has 0 aliphatic rings. The fourth-order valence-electron chi connectivity index (χ4n) is 1.82. The van der Waals surface area contributed by atoms with Gasteiger partial charge in [-0.05, 0) is 40.0 Å². The van der Waals surface area contributed by atoms with Crippen molar-refractivity contribution in [1.29, 1.82) is 0 Å². The van der Waals surface area contributed by atoms with Crippen LogP contribution in [0.25, 0.3) is 5.69 Å². The molecule has 1 aromatic carbocycles. The third-order valence-electron chi connectivity index (χ3n) is 2.65. The van der Waals surface area contributed by atoms with Gasteiger partial charge < -0.3 is 5.11 Å². The predicted molar refractivity (Wildman–Crippen MR) is 72.2 cm³/mol. The van der Waals surface area contributed by atoms with Gasteiger partial charge in [0, 0.05) is 6.20 Å². The van der Waals surface area contributed by atoms with Gasteiger partial charge in [-0.25, -0.2) is 9.48 Å². The van der Waals surface area contributed by atoms with E-state index in [0.717, 1.165) is 28.6 Å². The SMILES string of the molecule is CCCc1ccc(C(=O)O)cc1-n1cc(Br)cn1. The molecule has 2 rings (SSSR count). The number of halogens is 1. The van der Waals surface area contributed by atoms with Gasteiger partial charge >= 0.3 is 5.97 Å². The fraction of sp³-hybridized carbons (Fsp3) is 0.231. The minimum absolute atomic E-state index is 0.275. The monoisotopic (exact) mass is 308 g/mol. The minimum atomic E-state index is -0.925. The summed E-state index contributed by atoms with van der Waals surface area (Å²) in [6.45, 7) is 2.09. The number of rotatable bonds is 4. The molecule has 0 unspecified atom stereocenters. The molecule has 0 aliphatic heterocycles. The summed E-state index contributed by atoms with van der Waals surface area (Å²) < 4.78 is 2.56. The zero-order chi connectivity index (χ0) is 13.1. The van der Waals surface area contributed by atoms with Crippen LogP contribution in [0.15, 0.2) is 35.1 Å². The van der Waals surface area contributed by atoms with Crippen LogP contribution in [0.5, 0.6) is 0 Å². The van der Waals surface area contributed by atoms with Crippen LogP contribution >= 0.6 is 15.9 Å². The summed E-state index contributed by atoms with van der Waals surface area (Å²) in [5.74, 6) is -0.925. The van der Waals surface area contributed by atoms with E-state index in [1.54, 1.807) is 23.0 Å². The van der Waals surface area contributed by atoms with Crippen molar-refractivity contribution in [3.8, 4) is 5.69 Å². The van der Waals surface area contributed by atoms with Gasteiger partial charge in [-0.3, -0.25) is 0 Å². The van der Waals surface area contributed by atoms with Crippen LogP contribution in [0.1, 0.15) is 29.3 Å². The third-order valence-corrected chi connectivity index (χ3v) is 3.06. The van der Waals surface area contributed by atoms with E-state index in [-0.39, 0.29) is 5.56 Å². The lowest BCUT2D eigenvalue weighted by molar-refractivity contribution is 0.0697. The molecular formula is C13H13BrN2O2. The number of carbonyl (C=O) groups is 1. The Morgan fingerprint density at radius 2 is 2.28 bits per heavy atom. The van der Waals surface area contributed by atoms with Gasteiger partial charge in [0.25, 0.3) is 0 Å². The number of carboxylic acid groups (broad SMARTS) is 1. The summed E-state index contributed by atoms with van der Waals surface area (Å²) in [6, 6.07) is 5.15. The summed E-state index contributed by atoms with van der Waals surface area (Å²) >= 11 is 3.34. The number of aromatic nitrogens is 2. The second-order valence-corrected chi connectivity index (χ2v) is 4.92. The standard InChI is InChI=1S/C13H13BrN2O2/c1-2-3-9-4-5-10(13(17)18)6-12(9)16-8-11(14)7-15-16/h4-8H,2-3H2,1H3,(H,17,18). The molecule has 0 spiro atoms. The van der Waals surface area contributed by atoms with Gasteiger partial charge in [0.05, 0.1) is 21.9 Å². The molecule has 0 saturated carbocycles. The van der Waals surface area contributed by atoms with Crippen molar-refractivity contribution in [3.05, 3.63) is 46.2 Å². The molecule has 0 saturated heterocycles. The molecule has 2 aromatic rings. The van der Waals surface area contributed by atoms with Crippen LogP contribution in [0, 0.1) is 0 Å².